The summed E-state index contributed by atoms with van der Waals surface area (Å²) in [7, 11) is 3.35. The fraction of sp³-hybridized carbons (Fsp3) is 0.200. The average Bonchev–Trinajstić information content (AvgIpc) is 2.18. The van der Waals surface area contributed by atoms with Gasteiger partial charge >= 0.3 is 0 Å². The van der Waals surface area contributed by atoms with Crippen molar-refractivity contribution in [2.45, 2.75) is 0 Å². The number of halogens is 2. The number of aromatic nitrogens is 1. The second kappa shape index (κ2) is 5.14. The molecule has 1 aromatic rings. The molecule has 15 heavy (non-hydrogen) atoms. The lowest BCUT2D eigenvalue weighted by molar-refractivity contribution is -0.123. The lowest BCUT2D eigenvalue weighted by atomic mass is 10.2. The normalized spacial score (nSPS) is 10.7. The van der Waals surface area contributed by atoms with Crippen LogP contribution >= 0.6 is 23.2 Å². The fourth-order valence-electron chi connectivity index (χ4n) is 0.865. The summed E-state index contributed by atoms with van der Waals surface area (Å²) in [6, 6.07) is 1.60. The van der Waals surface area contributed by atoms with Gasteiger partial charge in [0.05, 0.1) is 5.02 Å². The number of amides is 1. The monoisotopic (exact) mass is 244 g/mol. The standard InChI is InChI=1S/C10H10Cl2N2O/c1-14(2)10(15)4-3-7-5-9(12)13-6-8(7)11/h3-6H,1-2H3. The minimum absolute atomic E-state index is 0.112. The predicted molar refractivity (Wildman–Crippen MR) is 62.0 cm³/mol. The molecule has 0 aliphatic heterocycles. The van der Waals surface area contributed by atoms with E-state index >= 15 is 0 Å². The molecule has 0 unspecified atom stereocenters. The van der Waals surface area contributed by atoms with Crippen molar-refractivity contribution >= 4 is 35.2 Å². The molecule has 0 radical (unpaired) electrons. The van der Waals surface area contributed by atoms with Crippen LogP contribution in [0.1, 0.15) is 5.56 Å². The van der Waals surface area contributed by atoms with E-state index in [0.717, 1.165) is 0 Å². The van der Waals surface area contributed by atoms with E-state index in [0.29, 0.717) is 15.7 Å². The molecule has 1 aromatic heterocycles. The molecule has 0 aromatic carbocycles. The Morgan fingerprint density at radius 3 is 2.73 bits per heavy atom. The first-order chi connectivity index (χ1) is 7.00. The van der Waals surface area contributed by atoms with E-state index in [4.69, 9.17) is 23.2 Å². The molecule has 1 heterocycles. The highest BCUT2D eigenvalue weighted by atomic mass is 35.5. The van der Waals surface area contributed by atoms with Crippen LogP contribution in [-0.4, -0.2) is 29.9 Å². The number of carbonyl (C=O) groups is 1. The Morgan fingerprint density at radius 1 is 1.47 bits per heavy atom. The maximum Gasteiger partial charge on any atom is 0.246 e. The van der Waals surface area contributed by atoms with E-state index in [1.807, 2.05) is 0 Å². The Hall–Kier alpha value is -1.06. The molecule has 0 saturated heterocycles. The molecule has 0 bridgehead atoms. The third kappa shape index (κ3) is 3.53. The molecule has 1 amide bonds. The number of nitrogens with zero attached hydrogens (tertiary/aromatic N) is 2. The van der Waals surface area contributed by atoms with Crippen molar-refractivity contribution in [1.82, 2.24) is 9.88 Å². The molecular weight excluding hydrogens is 235 g/mol. The van der Waals surface area contributed by atoms with E-state index in [9.17, 15) is 4.79 Å². The fourth-order valence-corrected chi connectivity index (χ4v) is 1.20. The van der Waals surface area contributed by atoms with Crippen molar-refractivity contribution in [1.29, 1.82) is 0 Å². The van der Waals surface area contributed by atoms with Crippen LogP contribution in [0.25, 0.3) is 6.08 Å². The molecule has 0 aliphatic rings. The van der Waals surface area contributed by atoms with Crippen LogP contribution in [0.15, 0.2) is 18.3 Å². The number of likely N-dealkylation sites (N-methyl/N-ethyl adjacent to an activating group) is 1. The number of rotatable bonds is 2. The first-order valence-corrected chi connectivity index (χ1v) is 4.96. The second-order valence-electron chi connectivity index (χ2n) is 3.09. The van der Waals surface area contributed by atoms with Crippen molar-refractivity contribution in [2.75, 3.05) is 14.1 Å². The number of carbonyl (C=O) groups excluding carboxylic acids is 1. The Balaban J connectivity index is 2.89. The molecule has 0 spiro atoms. The first-order valence-electron chi connectivity index (χ1n) is 4.21. The van der Waals surface area contributed by atoms with Crippen LogP contribution in [0.2, 0.25) is 10.2 Å². The predicted octanol–water partition coefficient (Wildman–Crippen LogP) is 2.49. The van der Waals surface area contributed by atoms with Gasteiger partial charge in [-0.2, -0.15) is 0 Å². The van der Waals surface area contributed by atoms with Crippen LogP contribution in [0.4, 0.5) is 0 Å². The largest absolute Gasteiger partial charge is 0.345 e. The number of hydrogen-bond donors (Lipinski definition) is 0. The first kappa shape index (κ1) is 12.0. The summed E-state index contributed by atoms with van der Waals surface area (Å²) in [6.07, 6.45) is 4.49. The van der Waals surface area contributed by atoms with Crippen molar-refractivity contribution in [2.24, 2.45) is 0 Å². The Morgan fingerprint density at radius 2 is 2.13 bits per heavy atom. The van der Waals surface area contributed by atoms with Gasteiger partial charge in [-0.1, -0.05) is 23.2 Å². The summed E-state index contributed by atoms with van der Waals surface area (Å²) in [6.45, 7) is 0. The highest BCUT2D eigenvalue weighted by molar-refractivity contribution is 6.33. The van der Waals surface area contributed by atoms with E-state index in [-0.39, 0.29) is 5.91 Å². The van der Waals surface area contributed by atoms with Gasteiger partial charge in [0.2, 0.25) is 5.91 Å². The molecule has 80 valence electrons. The van der Waals surface area contributed by atoms with E-state index < -0.39 is 0 Å². The van der Waals surface area contributed by atoms with Gasteiger partial charge in [-0.3, -0.25) is 4.79 Å². The number of pyridine rings is 1. The molecule has 0 saturated carbocycles. The van der Waals surface area contributed by atoms with Crippen molar-refractivity contribution < 1.29 is 4.79 Å². The van der Waals surface area contributed by atoms with Crippen LogP contribution in [0, 0.1) is 0 Å². The van der Waals surface area contributed by atoms with E-state index in [1.165, 1.54) is 17.2 Å². The van der Waals surface area contributed by atoms with Crippen molar-refractivity contribution in [3.63, 3.8) is 0 Å². The number of hydrogen-bond acceptors (Lipinski definition) is 2. The lowest BCUT2D eigenvalue weighted by Crippen LogP contribution is -2.18. The summed E-state index contributed by atoms with van der Waals surface area (Å²) in [4.78, 5) is 16.5. The zero-order valence-electron chi connectivity index (χ0n) is 8.37. The molecule has 1 rings (SSSR count). The molecule has 0 N–H and O–H groups in total. The molecule has 3 nitrogen and oxygen atoms in total. The van der Waals surface area contributed by atoms with Gasteiger partial charge in [0, 0.05) is 26.4 Å². The minimum Gasteiger partial charge on any atom is -0.345 e. The highest BCUT2D eigenvalue weighted by Crippen LogP contribution is 2.19. The summed E-state index contributed by atoms with van der Waals surface area (Å²) in [5, 5.41) is 0.804. The smallest absolute Gasteiger partial charge is 0.246 e. The van der Waals surface area contributed by atoms with Gasteiger partial charge in [0.1, 0.15) is 5.15 Å². The molecule has 0 fully saturated rings. The summed E-state index contributed by atoms with van der Waals surface area (Å²) >= 11 is 11.6. The SMILES string of the molecule is CN(C)C(=O)C=Cc1cc(Cl)ncc1Cl. The quantitative estimate of drug-likeness (QED) is 0.592. The van der Waals surface area contributed by atoms with Crippen LogP contribution in [-0.2, 0) is 4.79 Å². The van der Waals surface area contributed by atoms with Gasteiger partial charge in [-0.25, -0.2) is 4.98 Å². The lowest BCUT2D eigenvalue weighted by Gasteiger charge is -2.05. The molecule has 0 aliphatic carbocycles. The van der Waals surface area contributed by atoms with Crippen LogP contribution in [0.3, 0.4) is 0 Å². The van der Waals surface area contributed by atoms with Gasteiger partial charge in [-0.15, -0.1) is 0 Å². The Labute approximate surface area is 98.3 Å². The van der Waals surface area contributed by atoms with Crippen LogP contribution < -0.4 is 0 Å². The third-order valence-electron chi connectivity index (χ3n) is 1.70. The highest BCUT2D eigenvalue weighted by Gasteiger charge is 2.01. The van der Waals surface area contributed by atoms with Crippen LogP contribution in [0.5, 0.6) is 0 Å². The second-order valence-corrected chi connectivity index (χ2v) is 3.89. The third-order valence-corrected chi connectivity index (χ3v) is 2.22. The maximum atomic E-state index is 11.3. The van der Waals surface area contributed by atoms with Gasteiger partial charge in [0.15, 0.2) is 0 Å². The molecule has 0 atom stereocenters. The van der Waals surface area contributed by atoms with Crippen molar-refractivity contribution in [3.05, 3.63) is 34.1 Å². The Kier molecular flexibility index (Phi) is 4.12. The van der Waals surface area contributed by atoms with Gasteiger partial charge in [0.25, 0.3) is 0 Å². The minimum atomic E-state index is -0.112. The van der Waals surface area contributed by atoms with Gasteiger partial charge < -0.3 is 4.90 Å². The summed E-state index contributed by atoms with van der Waals surface area (Å²) in [5.74, 6) is -0.112. The average molecular weight is 245 g/mol. The topological polar surface area (TPSA) is 33.2 Å². The van der Waals surface area contributed by atoms with E-state index in [2.05, 4.69) is 4.98 Å². The molecular formula is C10H10Cl2N2O. The maximum absolute atomic E-state index is 11.3. The summed E-state index contributed by atoms with van der Waals surface area (Å²) < 4.78 is 0. The van der Waals surface area contributed by atoms with Gasteiger partial charge in [-0.05, 0) is 17.7 Å². The zero-order chi connectivity index (χ0) is 11.4. The molecule has 5 heteroatoms. The van der Waals surface area contributed by atoms with Crippen molar-refractivity contribution in [3.8, 4) is 0 Å². The van der Waals surface area contributed by atoms with E-state index in [1.54, 1.807) is 26.2 Å². The summed E-state index contributed by atoms with van der Waals surface area (Å²) in [5.41, 5.74) is 0.673. The zero-order valence-corrected chi connectivity index (χ0v) is 9.88. The Bertz CT molecular complexity index is 402.